The number of thiophene rings is 1. The number of imide groups is 1. The first-order chi connectivity index (χ1) is 27.0. The van der Waals surface area contributed by atoms with E-state index in [-0.39, 0.29) is 72.1 Å². The summed E-state index contributed by atoms with van der Waals surface area (Å²) in [6.45, 7) is 8.27. The number of fused-ring (bicyclic) bond motifs is 3. The quantitative estimate of drug-likeness (QED) is 0.194. The summed E-state index contributed by atoms with van der Waals surface area (Å²) in [5.74, 6) is -2.31. The van der Waals surface area contributed by atoms with Gasteiger partial charge in [-0.1, -0.05) is 17.7 Å². The SMILES string of the molecule is CC(=O)N(C)C(=O)[C@H]1CCCN(c2nc(OC[C@@]34CCCN3C[C@H](F)C4)nc3c(F)c(-c4ccc(F)c5sc(NC(=O)OC(C)(C)C)c(C#N)c45)c(Cl)cc23)CC1. The van der Waals surface area contributed by atoms with Crippen LogP contribution in [0.3, 0.4) is 0 Å². The molecule has 302 valence electrons. The first-order valence-electron chi connectivity index (χ1n) is 18.9. The van der Waals surface area contributed by atoms with Crippen molar-refractivity contribution in [2.45, 2.75) is 83.5 Å². The summed E-state index contributed by atoms with van der Waals surface area (Å²) in [6, 6.07) is 5.87. The largest absolute Gasteiger partial charge is 0.461 e. The van der Waals surface area contributed by atoms with Gasteiger partial charge in [-0.3, -0.25) is 24.7 Å². The molecular weight excluding hydrogens is 783 g/mol. The number of aromatic nitrogens is 2. The van der Waals surface area contributed by atoms with Gasteiger partial charge in [0.2, 0.25) is 11.8 Å². The average molecular weight is 826 g/mol. The molecule has 1 N–H and O–H groups in total. The molecule has 3 saturated heterocycles. The predicted octanol–water partition coefficient (Wildman–Crippen LogP) is 8.23. The number of carbonyl (C=O) groups excluding carboxylic acids is 3. The number of carbonyl (C=O) groups is 3. The molecule has 2 aromatic heterocycles. The van der Waals surface area contributed by atoms with E-state index in [0.717, 1.165) is 41.7 Å². The Labute approximate surface area is 336 Å². The van der Waals surface area contributed by atoms with Gasteiger partial charge in [0.1, 0.15) is 46.6 Å². The Hall–Kier alpha value is -4.72. The van der Waals surface area contributed by atoms with Crippen molar-refractivity contribution in [3.63, 3.8) is 0 Å². The van der Waals surface area contributed by atoms with Crippen molar-refractivity contribution in [3.8, 4) is 23.2 Å². The number of benzene rings is 2. The van der Waals surface area contributed by atoms with Crippen LogP contribution in [0.15, 0.2) is 18.2 Å². The fourth-order valence-corrected chi connectivity index (χ4v) is 9.68. The number of halogens is 4. The normalized spacial score (nSPS) is 21.3. The van der Waals surface area contributed by atoms with E-state index in [1.54, 1.807) is 20.8 Å². The number of hydrogen-bond acceptors (Lipinski definition) is 11. The lowest BCUT2D eigenvalue weighted by molar-refractivity contribution is -0.144. The monoisotopic (exact) mass is 825 g/mol. The molecular formula is C40H43ClF3N7O5S. The highest BCUT2D eigenvalue weighted by Gasteiger charge is 2.49. The topological polar surface area (TPSA) is 141 Å². The molecule has 2 aromatic carbocycles. The van der Waals surface area contributed by atoms with Gasteiger partial charge in [0, 0.05) is 62.3 Å². The molecule has 12 nitrogen and oxygen atoms in total. The molecule has 3 amide bonds. The molecule has 7 rings (SSSR count). The van der Waals surface area contributed by atoms with Crippen LogP contribution in [0.2, 0.25) is 5.02 Å². The van der Waals surface area contributed by atoms with E-state index in [1.165, 1.54) is 26.1 Å². The standard InChI is InChI=1S/C40H43ClF3N7O5S/c1-21(52)49(5)36(53)22-8-6-13-50(15-11-22)34-25-16-27(41)30(31(44)32(25)46-37(47-34)55-20-40-12-7-14-51(40)19-23(42)17-40)24-9-10-28(43)33-29(24)26(18-45)35(57-33)48-38(54)56-39(2,3)4/h9-10,16,22-23H,6-8,11-15,17,19-20H2,1-5H3,(H,48,54)/t22-,23+,40-/m0/s1. The highest BCUT2D eigenvalue weighted by atomic mass is 35.5. The number of nitrogens with zero attached hydrogens (tertiary/aromatic N) is 6. The van der Waals surface area contributed by atoms with Crippen molar-refractivity contribution in [3.05, 3.63) is 40.4 Å². The summed E-state index contributed by atoms with van der Waals surface area (Å²) in [5, 5.41) is 13.1. The maximum absolute atomic E-state index is 17.4. The van der Waals surface area contributed by atoms with Crippen molar-refractivity contribution in [1.29, 1.82) is 5.26 Å². The fourth-order valence-electron chi connectivity index (χ4n) is 8.32. The Balaban J connectivity index is 1.34. The molecule has 0 spiro atoms. The maximum atomic E-state index is 17.4. The molecule has 3 atom stereocenters. The molecule has 0 aliphatic carbocycles. The molecule has 0 bridgehead atoms. The molecule has 0 saturated carbocycles. The molecule has 0 unspecified atom stereocenters. The van der Waals surface area contributed by atoms with Gasteiger partial charge in [-0.2, -0.15) is 15.2 Å². The third-order valence-corrected chi connectivity index (χ3v) is 12.5. The van der Waals surface area contributed by atoms with Crippen LogP contribution >= 0.6 is 22.9 Å². The Morgan fingerprint density at radius 2 is 1.93 bits per heavy atom. The lowest BCUT2D eigenvalue weighted by Crippen LogP contribution is -2.43. The van der Waals surface area contributed by atoms with Crippen molar-refractivity contribution in [1.82, 2.24) is 19.8 Å². The minimum absolute atomic E-state index is 0.00902. The van der Waals surface area contributed by atoms with E-state index < -0.39 is 41.0 Å². The molecule has 0 radical (unpaired) electrons. The van der Waals surface area contributed by atoms with Gasteiger partial charge in [0.15, 0.2) is 5.82 Å². The van der Waals surface area contributed by atoms with Gasteiger partial charge in [0.05, 0.1) is 20.8 Å². The van der Waals surface area contributed by atoms with Crippen LogP contribution in [0.4, 0.5) is 28.8 Å². The van der Waals surface area contributed by atoms with E-state index >= 15 is 8.78 Å². The van der Waals surface area contributed by atoms with E-state index in [4.69, 9.17) is 26.1 Å². The van der Waals surface area contributed by atoms with Crippen LogP contribution in [-0.4, -0.2) is 94.8 Å². The number of rotatable bonds is 7. The molecule has 3 aliphatic heterocycles. The van der Waals surface area contributed by atoms with Gasteiger partial charge in [0.25, 0.3) is 0 Å². The van der Waals surface area contributed by atoms with Crippen molar-refractivity contribution < 1.29 is 37.0 Å². The highest BCUT2D eigenvalue weighted by Crippen LogP contribution is 2.47. The summed E-state index contributed by atoms with van der Waals surface area (Å²) in [5.41, 5.74) is -1.72. The number of nitrogens with one attached hydrogen (secondary N) is 1. The molecule has 3 aliphatic rings. The van der Waals surface area contributed by atoms with Gasteiger partial charge in [-0.25, -0.2) is 18.0 Å². The van der Waals surface area contributed by atoms with Gasteiger partial charge in [-0.05, 0) is 77.1 Å². The third-order valence-electron chi connectivity index (χ3n) is 11.0. The first kappa shape index (κ1) is 40.5. The van der Waals surface area contributed by atoms with Crippen molar-refractivity contribution in [2.75, 3.05) is 50.1 Å². The van der Waals surface area contributed by atoms with Crippen LogP contribution in [-0.2, 0) is 14.3 Å². The number of amides is 3. The predicted molar refractivity (Wildman–Crippen MR) is 211 cm³/mol. The zero-order valence-electron chi connectivity index (χ0n) is 32.3. The number of anilines is 2. The van der Waals surface area contributed by atoms with Crippen molar-refractivity contribution in [2.24, 2.45) is 5.92 Å². The molecule has 57 heavy (non-hydrogen) atoms. The Kier molecular flexibility index (Phi) is 11.0. The minimum atomic E-state index is -0.998. The Bertz CT molecular complexity index is 2330. The summed E-state index contributed by atoms with van der Waals surface area (Å²) >= 11 is 7.75. The van der Waals surface area contributed by atoms with E-state index in [2.05, 4.69) is 15.2 Å². The second-order valence-electron chi connectivity index (χ2n) is 16.0. The first-order valence-corrected chi connectivity index (χ1v) is 20.1. The number of alkyl halides is 1. The molecule has 5 heterocycles. The molecule has 4 aromatic rings. The zero-order valence-corrected chi connectivity index (χ0v) is 33.9. The summed E-state index contributed by atoms with van der Waals surface area (Å²) in [7, 11) is 1.46. The molecule has 17 heteroatoms. The van der Waals surface area contributed by atoms with Crippen LogP contribution in [0.1, 0.15) is 71.8 Å². The Morgan fingerprint density at radius 1 is 1.16 bits per heavy atom. The van der Waals surface area contributed by atoms with Crippen molar-refractivity contribution >= 4 is 72.7 Å². The Morgan fingerprint density at radius 3 is 2.65 bits per heavy atom. The summed E-state index contributed by atoms with van der Waals surface area (Å²) in [4.78, 5) is 52.3. The third kappa shape index (κ3) is 7.81. The van der Waals surface area contributed by atoms with E-state index in [9.17, 15) is 24.0 Å². The van der Waals surface area contributed by atoms with Gasteiger partial charge < -0.3 is 14.4 Å². The van der Waals surface area contributed by atoms with Gasteiger partial charge in [-0.15, -0.1) is 11.3 Å². The minimum Gasteiger partial charge on any atom is -0.461 e. The van der Waals surface area contributed by atoms with Crippen LogP contribution in [0, 0.1) is 28.9 Å². The summed E-state index contributed by atoms with van der Waals surface area (Å²) in [6.07, 6.45) is 1.54. The zero-order chi connectivity index (χ0) is 41.0. The van der Waals surface area contributed by atoms with E-state index in [0.29, 0.717) is 51.1 Å². The maximum Gasteiger partial charge on any atom is 0.412 e. The molecule has 3 fully saturated rings. The lowest BCUT2D eigenvalue weighted by atomic mass is 9.95. The van der Waals surface area contributed by atoms with Gasteiger partial charge >= 0.3 is 12.1 Å². The number of nitriles is 1. The van der Waals surface area contributed by atoms with Crippen LogP contribution in [0.5, 0.6) is 6.01 Å². The summed E-state index contributed by atoms with van der Waals surface area (Å²) < 4.78 is 59.1. The van der Waals surface area contributed by atoms with Crippen LogP contribution < -0.4 is 15.0 Å². The van der Waals surface area contributed by atoms with E-state index in [1.807, 2.05) is 11.0 Å². The second kappa shape index (κ2) is 15.6. The highest BCUT2D eigenvalue weighted by molar-refractivity contribution is 7.23. The number of ether oxygens (including phenoxy) is 2. The lowest BCUT2D eigenvalue weighted by Gasteiger charge is -2.31. The number of hydrogen-bond donors (Lipinski definition) is 1. The fraction of sp³-hybridized carbons (Fsp3) is 0.500. The average Bonchev–Trinajstić information content (AvgIpc) is 3.72. The van der Waals surface area contributed by atoms with Crippen LogP contribution in [0.25, 0.3) is 32.1 Å². The smallest absolute Gasteiger partial charge is 0.412 e. The second-order valence-corrected chi connectivity index (χ2v) is 17.4.